The van der Waals surface area contributed by atoms with Crippen LogP contribution >= 0.6 is 11.6 Å². The summed E-state index contributed by atoms with van der Waals surface area (Å²) >= 11 is 6.22. The summed E-state index contributed by atoms with van der Waals surface area (Å²) in [6.07, 6.45) is 6.18. The maximum Gasteiger partial charge on any atom is 0.261 e. The van der Waals surface area contributed by atoms with Crippen LogP contribution in [0.5, 0.6) is 5.75 Å². The number of nitriles is 1. The van der Waals surface area contributed by atoms with Crippen LogP contribution in [0.4, 0.5) is 5.69 Å². The summed E-state index contributed by atoms with van der Waals surface area (Å²) in [4.78, 5) is 29.9. The number of anilines is 1. The van der Waals surface area contributed by atoms with E-state index in [-0.39, 0.29) is 12.1 Å². The molecule has 0 bridgehead atoms. The number of hydrogen-bond acceptors (Lipinski definition) is 7. The van der Waals surface area contributed by atoms with Crippen molar-refractivity contribution in [3.63, 3.8) is 0 Å². The minimum atomic E-state index is -1.04. The predicted octanol–water partition coefficient (Wildman–Crippen LogP) is 2.93. The number of fused-ring (bicyclic) bond motifs is 1. The molecule has 0 spiro atoms. The van der Waals surface area contributed by atoms with Crippen molar-refractivity contribution < 1.29 is 14.3 Å². The van der Waals surface area contributed by atoms with E-state index < -0.39 is 17.4 Å². The van der Waals surface area contributed by atoms with Gasteiger partial charge in [0.2, 0.25) is 5.91 Å². The fraction of sp³-hybridized carbons (Fsp3) is 0.217. The highest BCUT2D eigenvalue weighted by Crippen LogP contribution is 2.36. The molecule has 2 N–H and O–H groups in total. The zero-order valence-corrected chi connectivity index (χ0v) is 19.9. The van der Waals surface area contributed by atoms with Crippen LogP contribution in [0.3, 0.4) is 0 Å². The van der Waals surface area contributed by atoms with Gasteiger partial charge in [0.15, 0.2) is 5.65 Å². The lowest BCUT2D eigenvalue weighted by Crippen LogP contribution is -2.43. The van der Waals surface area contributed by atoms with Crippen molar-refractivity contribution in [2.45, 2.75) is 25.9 Å². The number of ether oxygens (including phenoxy) is 1. The van der Waals surface area contributed by atoms with E-state index in [9.17, 15) is 14.9 Å². The van der Waals surface area contributed by atoms with E-state index in [4.69, 9.17) is 16.3 Å². The molecule has 0 aliphatic heterocycles. The van der Waals surface area contributed by atoms with Crippen LogP contribution in [0.15, 0.2) is 49.1 Å². The molecule has 0 unspecified atom stereocenters. The van der Waals surface area contributed by atoms with Crippen molar-refractivity contribution in [1.82, 2.24) is 29.7 Å². The highest BCUT2D eigenvalue weighted by molar-refractivity contribution is 6.31. The molecule has 0 fully saturated rings. The zero-order chi connectivity index (χ0) is 25.2. The van der Waals surface area contributed by atoms with Crippen molar-refractivity contribution in [1.29, 1.82) is 5.26 Å². The summed E-state index contributed by atoms with van der Waals surface area (Å²) in [5.74, 6) is -0.410. The molecule has 4 aromatic rings. The Morgan fingerprint density at radius 3 is 2.86 bits per heavy atom. The Balaban J connectivity index is 1.72. The first-order valence-corrected chi connectivity index (χ1v) is 10.8. The van der Waals surface area contributed by atoms with Crippen molar-refractivity contribution in [3.8, 4) is 23.1 Å². The van der Waals surface area contributed by atoms with Gasteiger partial charge in [-0.25, -0.2) is 9.50 Å². The monoisotopic (exact) mass is 492 g/mol. The van der Waals surface area contributed by atoms with Gasteiger partial charge in [0.25, 0.3) is 5.91 Å². The molecule has 0 radical (unpaired) electrons. The normalized spacial score (nSPS) is 11.2. The summed E-state index contributed by atoms with van der Waals surface area (Å²) in [6.45, 7) is 2.99. The molecule has 0 aliphatic rings. The number of nitrogens with one attached hydrogen (secondary N) is 2. The SMILES string of the molecule is COc1ccc(Cl)cc1-c1nn(CC(=O)NC(C)(C)C#N)cc1NC(=O)c1cnn2cccnc12. The third-order valence-corrected chi connectivity index (χ3v) is 5.22. The molecule has 4 rings (SSSR count). The number of carbonyl (C=O) groups excluding carboxylic acids is 2. The second-order valence-corrected chi connectivity index (χ2v) is 8.56. The molecule has 3 heterocycles. The van der Waals surface area contributed by atoms with Gasteiger partial charge in [-0.15, -0.1) is 0 Å². The van der Waals surface area contributed by atoms with Gasteiger partial charge in [-0.2, -0.15) is 15.5 Å². The third kappa shape index (κ3) is 5.07. The van der Waals surface area contributed by atoms with Gasteiger partial charge < -0.3 is 15.4 Å². The molecule has 35 heavy (non-hydrogen) atoms. The van der Waals surface area contributed by atoms with E-state index >= 15 is 0 Å². The first-order valence-electron chi connectivity index (χ1n) is 10.4. The number of methoxy groups -OCH3 is 1. The van der Waals surface area contributed by atoms with Crippen LogP contribution in [0.2, 0.25) is 5.02 Å². The standard InChI is InChI=1S/C23H21ClN8O3/c1-23(2,13-25)29-19(33)12-31-11-17(20(30-31)15-9-14(24)5-6-18(15)35-3)28-22(34)16-10-27-32-8-4-7-26-21(16)32/h4-11H,12H2,1-3H3,(H,28,34)(H,29,33). The van der Waals surface area contributed by atoms with E-state index in [0.717, 1.165) is 0 Å². The zero-order valence-electron chi connectivity index (χ0n) is 19.1. The number of benzene rings is 1. The van der Waals surface area contributed by atoms with Crippen LogP contribution in [0.1, 0.15) is 24.2 Å². The lowest BCUT2D eigenvalue weighted by Gasteiger charge is -2.17. The minimum Gasteiger partial charge on any atom is -0.496 e. The highest BCUT2D eigenvalue weighted by Gasteiger charge is 2.23. The summed E-state index contributed by atoms with van der Waals surface area (Å²) < 4.78 is 8.31. The van der Waals surface area contributed by atoms with Crippen molar-refractivity contribution in [2.24, 2.45) is 0 Å². The fourth-order valence-electron chi connectivity index (χ4n) is 3.40. The Hall–Kier alpha value is -4.43. The second-order valence-electron chi connectivity index (χ2n) is 8.12. The smallest absolute Gasteiger partial charge is 0.261 e. The number of aromatic nitrogens is 5. The lowest BCUT2D eigenvalue weighted by molar-refractivity contribution is -0.122. The second kappa shape index (κ2) is 9.44. The summed E-state index contributed by atoms with van der Waals surface area (Å²) in [7, 11) is 1.50. The molecular formula is C23H21ClN8O3. The molecule has 3 aromatic heterocycles. The Bertz CT molecular complexity index is 1470. The average Bonchev–Trinajstić information content (AvgIpc) is 3.42. The topological polar surface area (TPSA) is 139 Å². The molecule has 12 heteroatoms. The minimum absolute atomic E-state index is 0.185. The van der Waals surface area contributed by atoms with E-state index in [1.165, 1.54) is 28.7 Å². The van der Waals surface area contributed by atoms with Gasteiger partial charge in [-0.3, -0.25) is 14.3 Å². The summed E-state index contributed by atoms with van der Waals surface area (Å²) in [5, 5.41) is 23.7. The molecule has 0 atom stereocenters. The number of amides is 2. The van der Waals surface area contributed by atoms with Gasteiger partial charge in [-0.1, -0.05) is 11.6 Å². The maximum absolute atomic E-state index is 13.1. The van der Waals surface area contributed by atoms with E-state index in [1.54, 1.807) is 50.5 Å². The molecular weight excluding hydrogens is 472 g/mol. The number of halogens is 1. The molecule has 2 amide bonds. The molecule has 0 saturated heterocycles. The van der Waals surface area contributed by atoms with Crippen molar-refractivity contribution in [2.75, 3.05) is 12.4 Å². The molecule has 0 saturated carbocycles. The quantitative estimate of drug-likeness (QED) is 0.404. The highest BCUT2D eigenvalue weighted by atomic mass is 35.5. The van der Waals surface area contributed by atoms with Crippen LogP contribution < -0.4 is 15.4 Å². The van der Waals surface area contributed by atoms with Crippen LogP contribution in [-0.2, 0) is 11.3 Å². The summed E-state index contributed by atoms with van der Waals surface area (Å²) in [6, 6.07) is 8.72. The number of carbonyl (C=O) groups is 2. The largest absolute Gasteiger partial charge is 0.496 e. The Kier molecular flexibility index (Phi) is 6.40. The lowest BCUT2D eigenvalue weighted by atomic mass is 10.1. The van der Waals surface area contributed by atoms with Crippen LogP contribution in [0, 0.1) is 11.3 Å². The maximum atomic E-state index is 13.1. The van der Waals surface area contributed by atoms with Gasteiger partial charge in [0.1, 0.15) is 29.1 Å². The predicted molar refractivity (Wildman–Crippen MR) is 128 cm³/mol. The Morgan fingerprint density at radius 1 is 1.31 bits per heavy atom. The van der Waals surface area contributed by atoms with Crippen LogP contribution in [0.25, 0.3) is 16.9 Å². The van der Waals surface area contributed by atoms with Gasteiger partial charge in [0.05, 0.1) is 25.1 Å². The number of nitrogens with zero attached hydrogens (tertiary/aromatic N) is 6. The molecule has 1 aromatic carbocycles. The summed E-state index contributed by atoms with van der Waals surface area (Å²) in [5.41, 5.74) is 0.780. The number of hydrogen-bond donors (Lipinski definition) is 2. The average molecular weight is 493 g/mol. The third-order valence-electron chi connectivity index (χ3n) is 4.99. The molecule has 11 nitrogen and oxygen atoms in total. The van der Waals surface area contributed by atoms with E-state index in [2.05, 4.69) is 25.8 Å². The van der Waals surface area contributed by atoms with Crippen LogP contribution in [-0.4, -0.2) is 48.8 Å². The number of rotatable bonds is 7. The first-order chi connectivity index (χ1) is 16.7. The fourth-order valence-corrected chi connectivity index (χ4v) is 3.57. The van der Waals surface area contributed by atoms with Gasteiger partial charge >= 0.3 is 0 Å². The Morgan fingerprint density at radius 2 is 2.11 bits per heavy atom. The molecule has 178 valence electrons. The first kappa shape index (κ1) is 23.7. The van der Waals surface area contributed by atoms with Gasteiger partial charge in [-0.05, 0) is 38.1 Å². The van der Waals surface area contributed by atoms with E-state index in [1.807, 2.05) is 6.07 Å². The van der Waals surface area contributed by atoms with Crippen molar-refractivity contribution >= 4 is 34.7 Å². The van der Waals surface area contributed by atoms with Crippen molar-refractivity contribution in [3.05, 3.63) is 59.6 Å². The van der Waals surface area contributed by atoms with E-state index in [0.29, 0.717) is 33.4 Å². The Labute approximate surface area is 205 Å². The molecule has 0 aliphatic carbocycles. The van der Waals surface area contributed by atoms with Gasteiger partial charge in [0, 0.05) is 29.2 Å².